The Labute approximate surface area is 139 Å². The Morgan fingerprint density at radius 2 is 2.00 bits per heavy atom. The number of aliphatic hydroxyl groups excluding tert-OH is 1. The van der Waals surface area contributed by atoms with E-state index < -0.39 is 5.60 Å². The van der Waals surface area contributed by atoms with Crippen LogP contribution in [0.3, 0.4) is 0 Å². The number of aliphatic hydroxyl groups is 1. The van der Waals surface area contributed by atoms with Gasteiger partial charge in [0.2, 0.25) is 5.91 Å². The molecule has 1 saturated heterocycles. The van der Waals surface area contributed by atoms with Gasteiger partial charge in [0.05, 0.1) is 5.92 Å². The van der Waals surface area contributed by atoms with Crippen LogP contribution in [-0.2, 0) is 9.53 Å². The van der Waals surface area contributed by atoms with Crippen LogP contribution in [0, 0.1) is 5.92 Å². The molecule has 23 heavy (non-hydrogen) atoms. The molecule has 1 N–H and O–H groups in total. The van der Waals surface area contributed by atoms with E-state index in [9.17, 15) is 9.59 Å². The monoisotopic (exact) mass is 328 g/mol. The van der Waals surface area contributed by atoms with Gasteiger partial charge in [0.15, 0.2) is 0 Å². The highest BCUT2D eigenvalue weighted by Gasteiger charge is 2.38. The maximum atomic E-state index is 12.7. The number of likely N-dealkylation sites (tertiary alicyclic amines) is 1. The smallest absolute Gasteiger partial charge is 0.410 e. The molecule has 0 aliphatic carbocycles. The number of nitrogens with zero attached hydrogens (tertiary/aromatic N) is 2. The predicted octanol–water partition coefficient (Wildman–Crippen LogP) is 2.25. The van der Waals surface area contributed by atoms with Gasteiger partial charge in [-0.2, -0.15) is 0 Å². The molecule has 1 unspecified atom stereocenters. The van der Waals surface area contributed by atoms with Crippen molar-refractivity contribution in [1.29, 1.82) is 0 Å². The van der Waals surface area contributed by atoms with Gasteiger partial charge in [-0.15, -0.1) is 0 Å². The maximum Gasteiger partial charge on any atom is 0.410 e. The molecule has 1 aliphatic heterocycles. The van der Waals surface area contributed by atoms with E-state index in [0.29, 0.717) is 13.0 Å². The Hall–Kier alpha value is -1.30. The van der Waals surface area contributed by atoms with Crippen molar-refractivity contribution in [1.82, 2.24) is 9.80 Å². The molecule has 1 aliphatic rings. The van der Waals surface area contributed by atoms with Crippen LogP contribution in [0.5, 0.6) is 0 Å². The molecule has 2 amide bonds. The van der Waals surface area contributed by atoms with Gasteiger partial charge in [0.25, 0.3) is 0 Å². The van der Waals surface area contributed by atoms with Gasteiger partial charge in [-0.05, 0) is 53.9 Å². The van der Waals surface area contributed by atoms with E-state index >= 15 is 0 Å². The summed E-state index contributed by atoms with van der Waals surface area (Å²) in [6.45, 7) is 10.0. The minimum absolute atomic E-state index is 0.0170. The molecule has 0 bridgehead atoms. The molecule has 0 aromatic rings. The van der Waals surface area contributed by atoms with Crippen LogP contribution in [0.15, 0.2) is 0 Å². The minimum Gasteiger partial charge on any atom is -0.444 e. The number of piperidine rings is 1. The van der Waals surface area contributed by atoms with E-state index in [2.05, 4.69) is 0 Å². The van der Waals surface area contributed by atoms with Crippen LogP contribution < -0.4 is 0 Å². The fourth-order valence-corrected chi connectivity index (χ4v) is 2.91. The van der Waals surface area contributed by atoms with E-state index in [1.165, 1.54) is 0 Å². The summed E-state index contributed by atoms with van der Waals surface area (Å²) in [5.74, 6) is -0.186. The molecule has 1 rings (SSSR count). The van der Waals surface area contributed by atoms with Gasteiger partial charge in [0, 0.05) is 32.3 Å². The summed E-state index contributed by atoms with van der Waals surface area (Å²) in [7, 11) is 1.77. The third kappa shape index (κ3) is 5.37. The average Bonchev–Trinajstić information content (AvgIpc) is 2.44. The third-order valence-corrected chi connectivity index (χ3v) is 4.49. The molecule has 6 nitrogen and oxygen atoms in total. The highest BCUT2D eigenvalue weighted by Crippen LogP contribution is 2.27. The van der Waals surface area contributed by atoms with Crippen LogP contribution in [0.2, 0.25) is 0 Å². The topological polar surface area (TPSA) is 70.1 Å². The normalized spacial score (nSPS) is 23.3. The lowest BCUT2D eigenvalue weighted by atomic mass is 9.89. The van der Waals surface area contributed by atoms with Crippen LogP contribution in [0.25, 0.3) is 0 Å². The highest BCUT2D eigenvalue weighted by atomic mass is 16.6. The Morgan fingerprint density at radius 3 is 2.52 bits per heavy atom. The Balaban J connectivity index is 2.77. The average molecular weight is 328 g/mol. The molecule has 1 fully saturated rings. The first-order valence-corrected chi connectivity index (χ1v) is 8.45. The summed E-state index contributed by atoms with van der Waals surface area (Å²) in [4.78, 5) is 28.4. The molecule has 0 spiro atoms. The van der Waals surface area contributed by atoms with Crippen LogP contribution in [-0.4, -0.2) is 64.8 Å². The molecule has 1 heterocycles. The SMILES string of the molecule is CC(CCO)N(C)C(=O)[C@@H]1CCCN(C(=O)OC(C)(C)C)[C@@H]1C. The number of carbonyl (C=O) groups is 2. The third-order valence-electron chi connectivity index (χ3n) is 4.49. The molecule has 0 aromatic carbocycles. The first-order valence-electron chi connectivity index (χ1n) is 8.45. The summed E-state index contributed by atoms with van der Waals surface area (Å²) in [6.07, 6.45) is 1.77. The number of carbonyl (C=O) groups excluding carboxylic acids is 2. The summed E-state index contributed by atoms with van der Waals surface area (Å²) in [6, 6.07) is -0.202. The second kappa shape index (κ2) is 7.99. The van der Waals surface area contributed by atoms with Gasteiger partial charge >= 0.3 is 6.09 Å². The number of rotatable bonds is 4. The van der Waals surface area contributed by atoms with Crippen molar-refractivity contribution >= 4 is 12.0 Å². The molecular formula is C17H32N2O4. The zero-order valence-corrected chi connectivity index (χ0v) is 15.3. The van der Waals surface area contributed by atoms with Crippen molar-refractivity contribution in [2.24, 2.45) is 5.92 Å². The standard InChI is InChI=1S/C17H32N2O4/c1-12(9-11-20)18(6)15(21)14-8-7-10-19(13(14)2)16(22)23-17(3,4)5/h12-14,20H,7-11H2,1-6H3/t12?,13-,14-/m1/s1. The second-order valence-corrected chi connectivity index (χ2v) is 7.47. The van der Waals surface area contributed by atoms with E-state index in [4.69, 9.17) is 9.84 Å². The van der Waals surface area contributed by atoms with Crippen molar-refractivity contribution in [3.8, 4) is 0 Å². The van der Waals surface area contributed by atoms with Gasteiger partial charge in [0.1, 0.15) is 5.60 Å². The van der Waals surface area contributed by atoms with Crippen molar-refractivity contribution in [3.05, 3.63) is 0 Å². The zero-order valence-electron chi connectivity index (χ0n) is 15.3. The predicted molar refractivity (Wildman–Crippen MR) is 89.1 cm³/mol. The summed E-state index contributed by atoms with van der Waals surface area (Å²) in [5.41, 5.74) is -0.541. The molecule has 0 aromatic heterocycles. The fraction of sp³-hybridized carbons (Fsp3) is 0.882. The van der Waals surface area contributed by atoms with Gasteiger partial charge < -0.3 is 19.6 Å². The molecular weight excluding hydrogens is 296 g/mol. The summed E-state index contributed by atoms with van der Waals surface area (Å²) < 4.78 is 5.45. The van der Waals surface area contributed by atoms with E-state index in [-0.39, 0.29) is 36.6 Å². The van der Waals surface area contributed by atoms with Gasteiger partial charge in [-0.3, -0.25) is 4.79 Å². The lowest BCUT2D eigenvalue weighted by Gasteiger charge is -2.41. The van der Waals surface area contributed by atoms with Crippen molar-refractivity contribution in [3.63, 3.8) is 0 Å². The molecule has 6 heteroatoms. The lowest BCUT2D eigenvalue weighted by Crippen LogP contribution is -2.53. The number of amides is 2. The van der Waals surface area contributed by atoms with Crippen LogP contribution >= 0.6 is 0 Å². The number of hydrogen-bond acceptors (Lipinski definition) is 4. The Bertz CT molecular complexity index is 419. The van der Waals surface area contributed by atoms with E-state index in [1.807, 2.05) is 34.6 Å². The zero-order chi connectivity index (χ0) is 17.8. The summed E-state index contributed by atoms with van der Waals surface area (Å²) >= 11 is 0. The highest BCUT2D eigenvalue weighted by molar-refractivity contribution is 5.81. The van der Waals surface area contributed by atoms with E-state index in [0.717, 1.165) is 12.8 Å². The minimum atomic E-state index is -0.541. The first-order chi connectivity index (χ1) is 10.6. The quantitative estimate of drug-likeness (QED) is 0.859. The van der Waals surface area contributed by atoms with E-state index in [1.54, 1.807) is 16.8 Å². The number of ether oxygens (including phenoxy) is 1. The number of hydrogen-bond donors (Lipinski definition) is 1. The van der Waals surface area contributed by atoms with Crippen LogP contribution in [0.1, 0.15) is 53.9 Å². The molecule has 0 saturated carbocycles. The Kier molecular flexibility index (Phi) is 6.86. The Morgan fingerprint density at radius 1 is 1.39 bits per heavy atom. The van der Waals surface area contributed by atoms with Gasteiger partial charge in [-0.25, -0.2) is 4.79 Å². The van der Waals surface area contributed by atoms with Crippen molar-refractivity contribution < 1.29 is 19.4 Å². The molecule has 0 radical (unpaired) electrons. The second-order valence-electron chi connectivity index (χ2n) is 7.47. The largest absolute Gasteiger partial charge is 0.444 e. The lowest BCUT2D eigenvalue weighted by molar-refractivity contribution is -0.139. The first kappa shape index (κ1) is 19.7. The fourth-order valence-electron chi connectivity index (χ4n) is 2.91. The maximum absolute atomic E-state index is 12.7. The van der Waals surface area contributed by atoms with Crippen molar-refractivity contribution in [2.45, 2.75) is 71.6 Å². The molecule has 3 atom stereocenters. The van der Waals surface area contributed by atoms with Crippen molar-refractivity contribution in [2.75, 3.05) is 20.2 Å². The van der Waals surface area contributed by atoms with Crippen LogP contribution in [0.4, 0.5) is 4.79 Å². The van der Waals surface area contributed by atoms with Gasteiger partial charge in [-0.1, -0.05) is 0 Å². The molecule has 134 valence electrons. The summed E-state index contributed by atoms with van der Waals surface area (Å²) in [5, 5.41) is 9.05.